The molecule has 31 heavy (non-hydrogen) atoms. The molecule has 0 N–H and O–H groups in total. The molecule has 1 unspecified atom stereocenters. The van der Waals surface area contributed by atoms with Crippen molar-refractivity contribution < 1.29 is 26.3 Å². The number of hydrogen-bond acceptors (Lipinski definition) is 7. The van der Waals surface area contributed by atoms with Gasteiger partial charge in [0.1, 0.15) is 17.0 Å². The van der Waals surface area contributed by atoms with Gasteiger partial charge in [0.25, 0.3) is 11.5 Å². The first kappa shape index (κ1) is 21.1. The van der Waals surface area contributed by atoms with Crippen molar-refractivity contribution in [2.75, 3.05) is 12.9 Å². The summed E-state index contributed by atoms with van der Waals surface area (Å²) in [5.41, 5.74) is -1.97. The summed E-state index contributed by atoms with van der Waals surface area (Å²) in [7, 11) is -3.98. The number of ether oxygens (including phenoxy) is 1. The Morgan fingerprint density at radius 1 is 1.23 bits per heavy atom. The minimum absolute atomic E-state index is 0.0339. The molecule has 1 aliphatic rings. The average Bonchev–Trinajstić information content (AvgIpc) is 3.11. The van der Waals surface area contributed by atoms with Crippen molar-refractivity contribution in [2.24, 2.45) is 0 Å². The van der Waals surface area contributed by atoms with Crippen molar-refractivity contribution >= 4 is 26.7 Å². The van der Waals surface area contributed by atoms with Crippen LogP contribution in [0, 0.1) is 6.57 Å². The van der Waals surface area contributed by atoms with Crippen molar-refractivity contribution in [1.82, 2.24) is 24.7 Å². The van der Waals surface area contributed by atoms with E-state index in [2.05, 4.69) is 24.9 Å². The number of nitrogens with zero attached hydrogens (tertiary/aromatic N) is 6. The van der Waals surface area contributed by atoms with E-state index in [4.69, 9.17) is 11.3 Å². The molecule has 1 saturated heterocycles. The number of rotatable bonds is 3. The maximum atomic E-state index is 13.7. The highest BCUT2D eigenvalue weighted by Crippen LogP contribution is 2.39. The van der Waals surface area contributed by atoms with Gasteiger partial charge >= 0.3 is 6.18 Å². The fraction of sp³-hybridized carbons (Fsp3) is 0.389. The van der Waals surface area contributed by atoms with Crippen molar-refractivity contribution in [3.63, 3.8) is 0 Å². The molecular weight excluding hydrogens is 437 g/mol. The monoisotopic (exact) mass is 452 g/mol. The van der Waals surface area contributed by atoms with E-state index in [1.165, 1.54) is 16.8 Å². The van der Waals surface area contributed by atoms with Crippen LogP contribution in [0.25, 0.3) is 27.3 Å². The van der Waals surface area contributed by atoms with E-state index in [1.807, 2.05) is 0 Å². The van der Waals surface area contributed by atoms with Crippen LogP contribution < -0.4 is 0 Å². The highest BCUT2D eigenvalue weighted by molar-refractivity contribution is 7.90. The van der Waals surface area contributed by atoms with Crippen LogP contribution in [0.2, 0.25) is 0 Å². The SMILES string of the molecule is [C-]#[N+]c1ccc2c(-c3nc(S(C)(=O)=O)ncc3C(F)(F)F)nn(C3CCCCO3)c2n1. The Labute approximate surface area is 174 Å². The molecule has 13 heteroatoms. The van der Waals surface area contributed by atoms with Gasteiger partial charge in [0, 0.05) is 19.1 Å². The van der Waals surface area contributed by atoms with Gasteiger partial charge in [0.2, 0.25) is 15.0 Å². The molecule has 0 bridgehead atoms. The molecule has 0 radical (unpaired) electrons. The van der Waals surface area contributed by atoms with Crippen LogP contribution in [0.1, 0.15) is 31.1 Å². The Morgan fingerprint density at radius 2 is 2.00 bits per heavy atom. The third-order valence-electron chi connectivity index (χ3n) is 4.71. The molecule has 4 heterocycles. The van der Waals surface area contributed by atoms with E-state index in [9.17, 15) is 21.6 Å². The predicted octanol–water partition coefficient (Wildman–Crippen LogP) is 3.56. The lowest BCUT2D eigenvalue weighted by atomic mass is 10.1. The van der Waals surface area contributed by atoms with Gasteiger partial charge in [-0.2, -0.15) is 23.0 Å². The van der Waals surface area contributed by atoms with Gasteiger partial charge in [-0.1, -0.05) is 17.6 Å². The first-order valence-electron chi connectivity index (χ1n) is 9.12. The van der Waals surface area contributed by atoms with Crippen LogP contribution in [0.3, 0.4) is 0 Å². The summed E-state index contributed by atoms with van der Waals surface area (Å²) in [5.74, 6) is 0.0339. The van der Waals surface area contributed by atoms with Gasteiger partial charge in [-0.05, 0) is 25.3 Å². The summed E-state index contributed by atoms with van der Waals surface area (Å²) in [4.78, 5) is 14.5. The number of hydrogen-bond donors (Lipinski definition) is 0. The minimum Gasteiger partial charge on any atom is -0.361 e. The standard InChI is InChI=1S/C18H15F3N6O3S/c1-22-12-7-6-10-14(26-27(16(10)24-12)13-5-3-4-8-30-13)15-11(18(19,20)21)9-23-17(25-15)31(2,28)29/h6-7,9,13H,3-5,8H2,2H3. The van der Waals surface area contributed by atoms with Gasteiger partial charge in [-0.3, -0.25) is 0 Å². The zero-order valence-corrected chi connectivity index (χ0v) is 16.9. The normalized spacial score (nSPS) is 17.6. The van der Waals surface area contributed by atoms with Gasteiger partial charge in [0.05, 0.1) is 5.39 Å². The molecule has 0 aliphatic carbocycles. The summed E-state index contributed by atoms with van der Waals surface area (Å²) in [6.45, 7) is 7.63. The van der Waals surface area contributed by atoms with E-state index >= 15 is 0 Å². The van der Waals surface area contributed by atoms with Crippen LogP contribution in [0.4, 0.5) is 19.0 Å². The molecule has 9 nitrogen and oxygen atoms in total. The maximum Gasteiger partial charge on any atom is 0.420 e. The van der Waals surface area contributed by atoms with Gasteiger partial charge < -0.3 is 9.58 Å². The molecule has 3 aromatic rings. The van der Waals surface area contributed by atoms with Crippen molar-refractivity contribution in [3.8, 4) is 11.4 Å². The van der Waals surface area contributed by atoms with E-state index in [0.717, 1.165) is 19.1 Å². The summed E-state index contributed by atoms with van der Waals surface area (Å²) < 4.78 is 71.9. The number of fused-ring (bicyclic) bond motifs is 1. The fourth-order valence-electron chi connectivity index (χ4n) is 3.29. The van der Waals surface area contributed by atoms with Crippen molar-refractivity contribution in [3.05, 3.63) is 35.3 Å². The molecular formula is C18H15F3N6O3S. The average molecular weight is 452 g/mol. The van der Waals surface area contributed by atoms with E-state index in [-0.39, 0.29) is 22.5 Å². The summed E-state index contributed by atoms with van der Waals surface area (Å²) in [6, 6.07) is 2.76. The van der Waals surface area contributed by atoms with Crippen molar-refractivity contribution in [1.29, 1.82) is 0 Å². The molecule has 0 amide bonds. The lowest BCUT2D eigenvalue weighted by Crippen LogP contribution is -2.19. The second-order valence-electron chi connectivity index (χ2n) is 6.95. The van der Waals surface area contributed by atoms with E-state index in [0.29, 0.717) is 19.2 Å². The van der Waals surface area contributed by atoms with Gasteiger partial charge in [-0.25, -0.2) is 18.4 Å². The summed E-state index contributed by atoms with van der Waals surface area (Å²) >= 11 is 0. The van der Waals surface area contributed by atoms with Crippen LogP contribution in [-0.2, 0) is 20.8 Å². The van der Waals surface area contributed by atoms with Gasteiger partial charge in [-0.15, -0.1) is 0 Å². The third-order valence-corrected chi connectivity index (χ3v) is 5.57. The first-order chi connectivity index (χ1) is 14.6. The van der Waals surface area contributed by atoms with E-state index in [1.54, 1.807) is 0 Å². The number of aromatic nitrogens is 5. The van der Waals surface area contributed by atoms with E-state index < -0.39 is 38.7 Å². The largest absolute Gasteiger partial charge is 0.420 e. The lowest BCUT2D eigenvalue weighted by Gasteiger charge is -2.22. The zero-order valence-electron chi connectivity index (χ0n) is 16.1. The molecule has 4 rings (SSSR count). The number of sulfone groups is 1. The Morgan fingerprint density at radius 3 is 2.61 bits per heavy atom. The molecule has 0 spiro atoms. The van der Waals surface area contributed by atoms with Crippen LogP contribution in [0.15, 0.2) is 23.5 Å². The zero-order chi connectivity index (χ0) is 22.4. The van der Waals surface area contributed by atoms with Crippen LogP contribution in [0.5, 0.6) is 0 Å². The Bertz CT molecular complexity index is 1310. The number of pyridine rings is 1. The molecule has 0 aromatic carbocycles. The second-order valence-corrected chi connectivity index (χ2v) is 8.86. The molecule has 162 valence electrons. The van der Waals surface area contributed by atoms with Crippen LogP contribution >= 0.6 is 0 Å². The maximum absolute atomic E-state index is 13.7. The third kappa shape index (κ3) is 3.96. The Kier molecular flexibility index (Phi) is 5.14. The second kappa shape index (κ2) is 7.54. The highest BCUT2D eigenvalue weighted by atomic mass is 32.2. The molecule has 1 aliphatic heterocycles. The molecule has 1 fully saturated rings. The predicted molar refractivity (Wildman–Crippen MR) is 102 cm³/mol. The fourth-order valence-corrected chi connectivity index (χ4v) is 3.79. The van der Waals surface area contributed by atoms with Crippen molar-refractivity contribution in [2.45, 2.75) is 36.8 Å². The topological polar surface area (TPSA) is 104 Å². The Balaban J connectivity index is 2.03. The molecule has 1 atom stereocenters. The molecule has 3 aromatic heterocycles. The lowest BCUT2D eigenvalue weighted by molar-refractivity contribution is -0.137. The summed E-state index contributed by atoms with van der Waals surface area (Å²) in [5, 5.41) is 3.73. The smallest absolute Gasteiger partial charge is 0.361 e. The quantitative estimate of drug-likeness (QED) is 0.442. The van der Waals surface area contributed by atoms with Crippen LogP contribution in [-0.4, -0.2) is 46.0 Å². The van der Waals surface area contributed by atoms with Gasteiger partial charge in [0.15, 0.2) is 6.23 Å². The summed E-state index contributed by atoms with van der Waals surface area (Å²) in [6.07, 6.45) is -1.98. The molecule has 0 saturated carbocycles. The highest BCUT2D eigenvalue weighted by Gasteiger charge is 2.38. The Hall–Kier alpha value is -3.11. The number of alkyl halides is 3. The minimum atomic E-state index is -4.85. The number of halogens is 3. The first-order valence-corrected chi connectivity index (χ1v) is 11.0.